The van der Waals surface area contributed by atoms with Crippen LogP contribution in [0.3, 0.4) is 0 Å². The Balaban J connectivity index is 2.13. The minimum atomic E-state index is -0.900. The quantitative estimate of drug-likeness (QED) is 0.832. The molecule has 1 amide bonds. The second kappa shape index (κ2) is 4.89. The molecule has 0 radical (unpaired) electrons. The Morgan fingerprint density at radius 1 is 1.26 bits per heavy atom. The van der Waals surface area contributed by atoms with Crippen LogP contribution in [0.5, 0.6) is 0 Å². The van der Waals surface area contributed by atoms with Crippen molar-refractivity contribution in [2.24, 2.45) is 17.3 Å². The number of carbonyl (C=O) groups is 2. The molecule has 102 valence electrons. The van der Waals surface area contributed by atoms with Gasteiger partial charge in [-0.1, -0.05) is 26.0 Å². The van der Waals surface area contributed by atoms with Gasteiger partial charge in [0, 0.05) is 4.90 Å². The average molecular weight is 279 g/mol. The Morgan fingerprint density at radius 2 is 1.89 bits per heavy atom. The topological polar surface area (TPSA) is 66.4 Å². The first kappa shape index (κ1) is 13.9. The number of nitrogens with one attached hydrogen (secondary N) is 1. The van der Waals surface area contributed by atoms with Crippen molar-refractivity contribution in [3.05, 3.63) is 24.3 Å². The average Bonchev–Trinajstić information content (AvgIpc) is 2.93. The number of thioether (sulfide) groups is 1. The van der Waals surface area contributed by atoms with Gasteiger partial charge in [-0.2, -0.15) is 0 Å². The van der Waals surface area contributed by atoms with E-state index in [2.05, 4.69) is 5.32 Å². The maximum atomic E-state index is 12.2. The van der Waals surface area contributed by atoms with Gasteiger partial charge in [0.15, 0.2) is 0 Å². The zero-order valence-corrected chi connectivity index (χ0v) is 12.0. The third-order valence-corrected chi connectivity index (χ3v) is 4.54. The lowest BCUT2D eigenvalue weighted by molar-refractivity contribution is -0.140. The molecular formula is C14H17NO3S. The van der Waals surface area contributed by atoms with E-state index >= 15 is 0 Å². The van der Waals surface area contributed by atoms with Crippen LogP contribution >= 0.6 is 11.8 Å². The SMILES string of the molecule is CSc1ccccc1NC(=O)C1C(C(=O)O)C1(C)C. The van der Waals surface area contributed by atoms with Gasteiger partial charge in [-0.25, -0.2) is 0 Å². The highest BCUT2D eigenvalue weighted by Gasteiger charge is 2.65. The molecule has 5 heteroatoms. The number of amides is 1. The molecule has 1 fully saturated rings. The number of carboxylic acids is 1. The molecule has 1 aliphatic carbocycles. The van der Waals surface area contributed by atoms with E-state index in [1.165, 1.54) is 0 Å². The van der Waals surface area contributed by atoms with E-state index in [0.29, 0.717) is 0 Å². The Kier molecular flexibility index (Phi) is 3.58. The molecule has 0 aromatic heterocycles. The molecule has 19 heavy (non-hydrogen) atoms. The number of carboxylic acid groups (broad SMARTS) is 1. The van der Waals surface area contributed by atoms with Crippen LogP contribution in [0.15, 0.2) is 29.2 Å². The molecule has 0 saturated heterocycles. The van der Waals surface area contributed by atoms with Crippen molar-refractivity contribution in [1.29, 1.82) is 0 Å². The number of rotatable bonds is 4. The molecule has 0 bridgehead atoms. The third-order valence-electron chi connectivity index (χ3n) is 3.74. The minimum Gasteiger partial charge on any atom is -0.481 e. The molecule has 1 aromatic rings. The van der Waals surface area contributed by atoms with E-state index in [1.807, 2.05) is 44.4 Å². The van der Waals surface area contributed by atoms with Crippen LogP contribution in [-0.2, 0) is 9.59 Å². The van der Waals surface area contributed by atoms with Gasteiger partial charge in [-0.15, -0.1) is 11.8 Å². The van der Waals surface area contributed by atoms with Gasteiger partial charge in [-0.05, 0) is 23.8 Å². The maximum Gasteiger partial charge on any atom is 0.307 e. The van der Waals surface area contributed by atoms with Crippen molar-refractivity contribution < 1.29 is 14.7 Å². The zero-order valence-electron chi connectivity index (χ0n) is 11.1. The fraction of sp³-hybridized carbons (Fsp3) is 0.429. The predicted molar refractivity (Wildman–Crippen MR) is 75.2 cm³/mol. The summed E-state index contributed by atoms with van der Waals surface area (Å²) < 4.78 is 0. The van der Waals surface area contributed by atoms with Crippen LogP contribution in [0, 0.1) is 17.3 Å². The van der Waals surface area contributed by atoms with E-state index in [9.17, 15) is 9.59 Å². The van der Waals surface area contributed by atoms with E-state index in [-0.39, 0.29) is 5.91 Å². The first-order chi connectivity index (χ1) is 8.89. The van der Waals surface area contributed by atoms with Crippen molar-refractivity contribution in [1.82, 2.24) is 0 Å². The van der Waals surface area contributed by atoms with Crippen LogP contribution in [0.2, 0.25) is 0 Å². The van der Waals surface area contributed by atoms with Crippen molar-refractivity contribution in [3.63, 3.8) is 0 Å². The van der Waals surface area contributed by atoms with Crippen molar-refractivity contribution in [3.8, 4) is 0 Å². The number of benzene rings is 1. The van der Waals surface area contributed by atoms with Gasteiger partial charge < -0.3 is 10.4 Å². The largest absolute Gasteiger partial charge is 0.481 e. The summed E-state index contributed by atoms with van der Waals surface area (Å²) in [5.74, 6) is -2.16. The molecule has 1 aromatic carbocycles. The van der Waals surface area contributed by atoms with Gasteiger partial charge in [0.1, 0.15) is 0 Å². The number of anilines is 1. The molecule has 1 saturated carbocycles. The minimum absolute atomic E-state index is 0.209. The Bertz CT molecular complexity index is 527. The molecule has 1 aliphatic rings. The summed E-state index contributed by atoms with van der Waals surface area (Å²) in [6, 6.07) is 7.51. The fourth-order valence-electron chi connectivity index (χ4n) is 2.55. The standard InChI is InChI=1S/C14H17NO3S/c1-14(2)10(11(14)13(17)18)12(16)15-8-6-4-5-7-9(8)19-3/h4-7,10-11H,1-3H3,(H,15,16)(H,17,18). The normalized spacial score (nSPS) is 23.7. The van der Waals surface area contributed by atoms with E-state index in [4.69, 9.17) is 5.11 Å². The number of aliphatic carboxylic acids is 1. The lowest BCUT2D eigenvalue weighted by atomic mass is 10.1. The van der Waals surface area contributed by atoms with Gasteiger partial charge in [-0.3, -0.25) is 9.59 Å². The lowest BCUT2D eigenvalue weighted by Gasteiger charge is -2.09. The van der Waals surface area contributed by atoms with E-state index in [0.717, 1.165) is 10.6 Å². The number of carbonyl (C=O) groups excluding carboxylic acids is 1. The second-order valence-corrected chi connectivity index (χ2v) is 6.15. The summed E-state index contributed by atoms with van der Waals surface area (Å²) in [5, 5.41) is 11.9. The third kappa shape index (κ3) is 2.47. The summed E-state index contributed by atoms with van der Waals surface area (Å²) in [4.78, 5) is 24.2. The Hall–Kier alpha value is -1.49. The summed E-state index contributed by atoms with van der Waals surface area (Å²) in [6.45, 7) is 3.63. The highest BCUT2D eigenvalue weighted by atomic mass is 32.2. The van der Waals surface area contributed by atoms with Gasteiger partial charge in [0.2, 0.25) is 5.91 Å². The lowest BCUT2D eigenvalue weighted by Crippen LogP contribution is -2.18. The van der Waals surface area contributed by atoms with Gasteiger partial charge in [0.05, 0.1) is 17.5 Å². The second-order valence-electron chi connectivity index (χ2n) is 5.30. The number of para-hydroxylation sites is 1. The Morgan fingerprint density at radius 3 is 2.42 bits per heavy atom. The fourth-order valence-corrected chi connectivity index (χ4v) is 3.10. The van der Waals surface area contributed by atoms with E-state index in [1.54, 1.807) is 11.8 Å². The molecular weight excluding hydrogens is 262 g/mol. The number of hydrogen-bond donors (Lipinski definition) is 2. The number of hydrogen-bond acceptors (Lipinski definition) is 3. The molecule has 2 rings (SSSR count). The smallest absolute Gasteiger partial charge is 0.307 e. The van der Waals surface area contributed by atoms with Crippen molar-refractivity contribution in [2.45, 2.75) is 18.7 Å². The first-order valence-electron chi connectivity index (χ1n) is 6.06. The van der Waals surface area contributed by atoms with Crippen LogP contribution in [0.4, 0.5) is 5.69 Å². The van der Waals surface area contributed by atoms with E-state index < -0.39 is 23.2 Å². The summed E-state index contributed by atoms with van der Waals surface area (Å²) in [6.07, 6.45) is 1.94. The predicted octanol–water partition coefficient (Wildman–Crippen LogP) is 2.70. The summed E-state index contributed by atoms with van der Waals surface area (Å²) >= 11 is 1.55. The molecule has 2 unspecified atom stereocenters. The van der Waals surface area contributed by atoms with Crippen LogP contribution in [-0.4, -0.2) is 23.2 Å². The molecule has 2 N–H and O–H groups in total. The van der Waals surface area contributed by atoms with Crippen molar-refractivity contribution in [2.75, 3.05) is 11.6 Å². The van der Waals surface area contributed by atoms with Gasteiger partial charge >= 0.3 is 5.97 Å². The molecule has 0 spiro atoms. The monoisotopic (exact) mass is 279 g/mol. The molecule has 2 atom stereocenters. The maximum absolute atomic E-state index is 12.2. The first-order valence-corrected chi connectivity index (χ1v) is 7.28. The Labute approximate surface area is 116 Å². The molecule has 0 aliphatic heterocycles. The van der Waals surface area contributed by atoms with Crippen molar-refractivity contribution >= 4 is 29.3 Å². The highest BCUT2D eigenvalue weighted by molar-refractivity contribution is 7.98. The van der Waals surface area contributed by atoms with Crippen LogP contribution in [0.25, 0.3) is 0 Å². The van der Waals surface area contributed by atoms with Crippen LogP contribution in [0.1, 0.15) is 13.8 Å². The van der Waals surface area contributed by atoms with Crippen LogP contribution < -0.4 is 5.32 Å². The molecule has 4 nitrogen and oxygen atoms in total. The summed E-state index contributed by atoms with van der Waals surface area (Å²) in [7, 11) is 0. The van der Waals surface area contributed by atoms with Gasteiger partial charge in [0.25, 0.3) is 0 Å². The summed E-state index contributed by atoms with van der Waals surface area (Å²) in [5.41, 5.74) is 0.274. The highest BCUT2D eigenvalue weighted by Crippen LogP contribution is 2.58. The zero-order chi connectivity index (χ0) is 14.2. The molecule has 0 heterocycles.